The summed E-state index contributed by atoms with van der Waals surface area (Å²) in [5, 5.41) is 11.0. The fourth-order valence-corrected chi connectivity index (χ4v) is 1.41. The minimum atomic E-state index is -3.09. The molecule has 0 unspecified atom stereocenters. The molecule has 90 valence electrons. The molecule has 0 aliphatic heterocycles. The Morgan fingerprint density at radius 2 is 2.00 bits per heavy atom. The summed E-state index contributed by atoms with van der Waals surface area (Å²) in [7, 11) is -1.56. The topological polar surface area (TPSA) is 86.7 Å². The first-order valence-electron chi connectivity index (χ1n) is 4.68. The van der Waals surface area contributed by atoms with Gasteiger partial charge in [-0.25, -0.2) is 12.7 Å². The highest BCUT2D eigenvalue weighted by molar-refractivity contribution is 7.88. The van der Waals surface area contributed by atoms with Crippen molar-refractivity contribution in [1.82, 2.24) is 9.62 Å². The molecule has 2 N–H and O–H groups in total. The standard InChI is InChI=1S/C8H18N2O4S/c1-10(15(2,13)14)6-4-3-5-9-7-8(11)12/h9H,3-7H2,1-2H3,(H,11,12). The summed E-state index contributed by atoms with van der Waals surface area (Å²) in [5.41, 5.74) is 0. The van der Waals surface area contributed by atoms with Gasteiger partial charge in [0.2, 0.25) is 10.0 Å². The van der Waals surface area contributed by atoms with E-state index in [2.05, 4.69) is 5.32 Å². The van der Waals surface area contributed by atoms with Crippen molar-refractivity contribution in [3.05, 3.63) is 0 Å². The van der Waals surface area contributed by atoms with Crippen molar-refractivity contribution in [2.24, 2.45) is 0 Å². The largest absolute Gasteiger partial charge is 0.480 e. The summed E-state index contributed by atoms with van der Waals surface area (Å²) in [6.45, 7) is 0.999. The Morgan fingerprint density at radius 3 is 2.47 bits per heavy atom. The van der Waals surface area contributed by atoms with Crippen molar-refractivity contribution in [3.8, 4) is 0 Å². The quantitative estimate of drug-likeness (QED) is 0.548. The van der Waals surface area contributed by atoms with Crippen molar-refractivity contribution in [2.75, 3.05) is 32.9 Å². The number of unbranched alkanes of at least 4 members (excludes halogenated alkanes) is 1. The maximum Gasteiger partial charge on any atom is 0.317 e. The number of carbonyl (C=O) groups is 1. The first kappa shape index (κ1) is 14.3. The summed E-state index contributed by atoms with van der Waals surface area (Å²) >= 11 is 0. The number of aliphatic carboxylic acids is 1. The van der Waals surface area contributed by atoms with Crippen LogP contribution in [0.25, 0.3) is 0 Å². The van der Waals surface area contributed by atoms with Crippen LogP contribution in [0.15, 0.2) is 0 Å². The maximum absolute atomic E-state index is 11.0. The van der Waals surface area contributed by atoms with Gasteiger partial charge in [-0.15, -0.1) is 0 Å². The highest BCUT2D eigenvalue weighted by Gasteiger charge is 2.09. The van der Waals surface area contributed by atoms with E-state index in [4.69, 9.17) is 5.11 Å². The normalized spacial score (nSPS) is 11.9. The van der Waals surface area contributed by atoms with E-state index in [0.717, 1.165) is 19.1 Å². The average Bonchev–Trinajstić information content (AvgIpc) is 2.08. The molecule has 0 spiro atoms. The van der Waals surface area contributed by atoms with Gasteiger partial charge in [-0.2, -0.15) is 0 Å². The lowest BCUT2D eigenvalue weighted by atomic mass is 10.3. The molecular formula is C8H18N2O4S. The molecule has 0 saturated heterocycles. The first-order chi connectivity index (χ1) is 6.84. The van der Waals surface area contributed by atoms with Gasteiger partial charge < -0.3 is 10.4 Å². The van der Waals surface area contributed by atoms with Gasteiger partial charge >= 0.3 is 5.97 Å². The van der Waals surface area contributed by atoms with Crippen molar-refractivity contribution in [2.45, 2.75) is 12.8 Å². The molecule has 0 bridgehead atoms. The second-order valence-electron chi connectivity index (χ2n) is 3.36. The third-order valence-corrected chi connectivity index (χ3v) is 3.23. The van der Waals surface area contributed by atoms with E-state index in [9.17, 15) is 13.2 Å². The monoisotopic (exact) mass is 238 g/mol. The molecule has 15 heavy (non-hydrogen) atoms. The molecular weight excluding hydrogens is 220 g/mol. The van der Waals surface area contributed by atoms with Crippen LogP contribution in [0.1, 0.15) is 12.8 Å². The summed E-state index contributed by atoms with van der Waals surface area (Å²) in [6.07, 6.45) is 2.64. The van der Waals surface area contributed by atoms with Crippen molar-refractivity contribution in [3.63, 3.8) is 0 Å². The van der Waals surface area contributed by atoms with Gasteiger partial charge in [0, 0.05) is 13.6 Å². The Kier molecular flexibility index (Phi) is 6.46. The van der Waals surface area contributed by atoms with Crippen LogP contribution in [0.4, 0.5) is 0 Å². The van der Waals surface area contributed by atoms with Gasteiger partial charge in [-0.05, 0) is 19.4 Å². The maximum atomic E-state index is 11.0. The number of nitrogens with zero attached hydrogens (tertiary/aromatic N) is 1. The number of sulfonamides is 1. The van der Waals surface area contributed by atoms with E-state index in [0.29, 0.717) is 13.1 Å². The Labute approximate surface area is 90.3 Å². The summed E-state index contributed by atoms with van der Waals surface area (Å²) < 4.78 is 23.2. The van der Waals surface area contributed by atoms with Crippen molar-refractivity contribution in [1.29, 1.82) is 0 Å². The lowest BCUT2D eigenvalue weighted by molar-refractivity contribution is -0.135. The van der Waals surface area contributed by atoms with Gasteiger partial charge in [0.25, 0.3) is 0 Å². The number of carboxylic acid groups (broad SMARTS) is 1. The predicted octanol–water partition coefficient (Wildman–Crippen LogP) is -0.668. The van der Waals surface area contributed by atoms with Crippen molar-refractivity contribution >= 4 is 16.0 Å². The minimum absolute atomic E-state index is 0.0537. The molecule has 0 aliphatic carbocycles. The van der Waals surface area contributed by atoms with Crippen LogP contribution in [-0.2, 0) is 14.8 Å². The van der Waals surface area contributed by atoms with E-state index < -0.39 is 16.0 Å². The Hall–Kier alpha value is -0.660. The van der Waals surface area contributed by atoms with Gasteiger partial charge in [0.1, 0.15) is 0 Å². The highest BCUT2D eigenvalue weighted by Crippen LogP contribution is 1.96. The number of rotatable bonds is 8. The molecule has 0 aliphatic rings. The zero-order chi connectivity index (χ0) is 11.9. The molecule has 0 heterocycles. The zero-order valence-electron chi connectivity index (χ0n) is 9.06. The Bertz CT molecular complexity index is 289. The summed E-state index contributed by atoms with van der Waals surface area (Å²) in [4.78, 5) is 10.1. The zero-order valence-corrected chi connectivity index (χ0v) is 9.88. The smallest absolute Gasteiger partial charge is 0.317 e. The number of hydrogen-bond acceptors (Lipinski definition) is 4. The predicted molar refractivity (Wildman–Crippen MR) is 57.2 cm³/mol. The molecule has 0 atom stereocenters. The van der Waals surface area contributed by atoms with Gasteiger partial charge in [-0.1, -0.05) is 0 Å². The van der Waals surface area contributed by atoms with E-state index in [1.54, 1.807) is 0 Å². The SMILES string of the molecule is CN(CCCCNCC(=O)O)S(C)(=O)=O. The van der Waals surface area contributed by atoms with E-state index in [1.807, 2.05) is 0 Å². The molecule has 0 aromatic carbocycles. The molecule has 0 saturated carbocycles. The van der Waals surface area contributed by atoms with E-state index >= 15 is 0 Å². The summed E-state index contributed by atoms with van der Waals surface area (Å²) in [6, 6.07) is 0. The molecule has 0 rings (SSSR count). The third-order valence-electron chi connectivity index (χ3n) is 1.92. The lowest BCUT2D eigenvalue weighted by Crippen LogP contribution is -2.28. The fourth-order valence-electron chi connectivity index (χ4n) is 0.946. The molecule has 0 aromatic heterocycles. The molecule has 0 amide bonds. The molecule has 0 fully saturated rings. The molecule has 0 radical (unpaired) electrons. The first-order valence-corrected chi connectivity index (χ1v) is 6.52. The third kappa shape index (κ3) is 8.34. The summed E-state index contributed by atoms with van der Waals surface area (Å²) in [5.74, 6) is -0.886. The van der Waals surface area contributed by atoms with Crippen LogP contribution in [0, 0.1) is 0 Å². The van der Waals surface area contributed by atoms with Crippen LogP contribution in [-0.4, -0.2) is 56.7 Å². The number of hydrogen-bond donors (Lipinski definition) is 2. The van der Waals surface area contributed by atoms with E-state index in [1.165, 1.54) is 11.4 Å². The fraction of sp³-hybridized carbons (Fsp3) is 0.875. The molecule has 0 aromatic rings. The van der Waals surface area contributed by atoms with Gasteiger partial charge in [-0.3, -0.25) is 4.79 Å². The van der Waals surface area contributed by atoms with Gasteiger partial charge in [0.15, 0.2) is 0 Å². The molecule has 7 heteroatoms. The number of nitrogens with one attached hydrogen (secondary N) is 1. The van der Waals surface area contributed by atoms with Gasteiger partial charge in [0.05, 0.1) is 12.8 Å². The van der Waals surface area contributed by atoms with Crippen LogP contribution < -0.4 is 5.32 Å². The highest BCUT2D eigenvalue weighted by atomic mass is 32.2. The van der Waals surface area contributed by atoms with Crippen LogP contribution >= 0.6 is 0 Å². The second-order valence-corrected chi connectivity index (χ2v) is 5.45. The molecule has 6 nitrogen and oxygen atoms in total. The number of carboxylic acids is 1. The van der Waals surface area contributed by atoms with Crippen molar-refractivity contribution < 1.29 is 18.3 Å². The minimum Gasteiger partial charge on any atom is -0.480 e. The van der Waals surface area contributed by atoms with Crippen LogP contribution in [0.3, 0.4) is 0 Å². The van der Waals surface area contributed by atoms with Crippen LogP contribution in [0.2, 0.25) is 0 Å². The van der Waals surface area contributed by atoms with E-state index in [-0.39, 0.29) is 6.54 Å². The Morgan fingerprint density at radius 1 is 1.40 bits per heavy atom. The Balaban J connectivity index is 3.44. The average molecular weight is 238 g/mol. The lowest BCUT2D eigenvalue weighted by Gasteiger charge is -2.13. The second kappa shape index (κ2) is 6.76. The van der Waals surface area contributed by atoms with Crippen LogP contribution in [0.5, 0.6) is 0 Å².